The maximum Gasteiger partial charge on any atom is 0.0972 e. The Hall–Kier alpha value is -5.08. The average Bonchev–Trinajstić information content (AvgIpc) is 2.99. The van der Waals surface area contributed by atoms with Crippen molar-refractivity contribution in [2.75, 3.05) is 0 Å². The maximum absolute atomic E-state index is 5.05. The van der Waals surface area contributed by atoms with Crippen LogP contribution in [0, 0.1) is 0 Å². The molecule has 0 saturated carbocycles. The fourth-order valence-corrected chi connectivity index (χ4v) is 5.77. The second kappa shape index (κ2) is 8.22. The lowest BCUT2D eigenvalue weighted by molar-refractivity contribution is 1.37. The minimum atomic E-state index is 0.943. The summed E-state index contributed by atoms with van der Waals surface area (Å²) in [5, 5.41) is 9.73. The normalized spacial score (nSPS) is 11.7. The van der Waals surface area contributed by atoms with Gasteiger partial charge in [-0.15, -0.1) is 0 Å². The summed E-state index contributed by atoms with van der Waals surface area (Å²) in [5.74, 6) is 0. The van der Waals surface area contributed by atoms with E-state index in [1.165, 1.54) is 43.4 Å². The van der Waals surface area contributed by atoms with Gasteiger partial charge in [0.05, 0.1) is 16.7 Å². The molecule has 2 heterocycles. The van der Waals surface area contributed by atoms with Gasteiger partial charge in [0.15, 0.2) is 0 Å². The summed E-state index contributed by atoms with van der Waals surface area (Å²) in [6.07, 6.45) is 1.84. The monoisotopic (exact) mass is 482 g/mol. The molecule has 0 atom stereocenters. The van der Waals surface area contributed by atoms with Gasteiger partial charge < -0.3 is 0 Å². The molecule has 2 aromatic heterocycles. The van der Waals surface area contributed by atoms with E-state index in [9.17, 15) is 0 Å². The van der Waals surface area contributed by atoms with E-state index in [-0.39, 0.29) is 0 Å². The van der Waals surface area contributed by atoms with Gasteiger partial charge in [0.2, 0.25) is 0 Å². The molecule has 176 valence electrons. The highest BCUT2D eigenvalue weighted by atomic mass is 14.7. The lowest BCUT2D eigenvalue weighted by Gasteiger charge is -2.13. The fourth-order valence-electron chi connectivity index (χ4n) is 5.77. The van der Waals surface area contributed by atoms with Crippen LogP contribution in [0.3, 0.4) is 0 Å². The Labute approximate surface area is 219 Å². The third kappa shape index (κ3) is 3.28. The minimum absolute atomic E-state index is 0.943. The number of hydrogen-bond donors (Lipinski definition) is 0. The van der Waals surface area contributed by atoms with Crippen LogP contribution in [0.15, 0.2) is 134 Å². The molecule has 0 saturated heterocycles. The molecule has 0 aliphatic rings. The fraction of sp³-hybridized carbons (Fsp3) is 0. The predicted molar refractivity (Wildman–Crippen MR) is 160 cm³/mol. The number of fused-ring (bicyclic) bond motifs is 6. The number of rotatable bonds is 2. The first-order valence-corrected chi connectivity index (χ1v) is 12.9. The standard InChI is InChI=1S/C36H22N2/c1-3-9-31-27(6-1)22-28-7-2-4-10-32(28)34(31)30-16-14-25-20-29(15-13-26(25)21-30)33-18-17-24-12-11-23-8-5-19-37-35(23)36(24)38-33/h1-22H. The smallest absolute Gasteiger partial charge is 0.0972 e. The SMILES string of the molecule is c1ccc2c(-c3ccc4cc(-c5ccc6ccc7cccnc7c6n5)ccc4c3)c3ccccc3cc2c1. The van der Waals surface area contributed by atoms with E-state index >= 15 is 0 Å². The third-order valence-electron chi connectivity index (χ3n) is 7.63. The van der Waals surface area contributed by atoms with Gasteiger partial charge in [0, 0.05) is 22.5 Å². The molecule has 0 N–H and O–H groups in total. The highest BCUT2D eigenvalue weighted by molar-refractivity contribution is 6.13. The molecule has 38 heavy (non-hydrogen) atoms. The van der Waals surface area contributed by atoms with Crippen LogP contribution in [-0.2, 0) is 0 Å². The molecule has 8 aromatic rings. The molecule has 0 aliphatic carbocycles. The maximum atomic E-state index is 5.05. The van der Waals surface area contributed by atoms with Crippen molar-refractivity contribution in [3.8, 4) is 22.4 Å². The van der Waals surface area contributed by atoms with E-state index in [1.807, 2.05) is 12.3 Å². The first-order valence-electron chi connectivity index (χ1n) is 12.9. The first-order chi connectivity index (χ1) is 18.8. The van der Waals surface area contributed by atoms with Crippen molar-refractivity contribution in [1.29, 1.82) is 0 Å². The van der Waals surface area contributed by atoms with Gasteiger partial charge in [-0.3, -0.25) is 4.98 Å². The molecule has 0 unspecified atom stereocenters. The van der Waals surface area contributed by atoms with Gasteiger partial charge in [-0.05, 0) is 73.8 Å². The van der Waals surface area contributed by atoms with Crippen molar-refractivity contribution in [3.05, 3.63) is 134 Å². The van der Waals surface area contributed by atoms with E-state index in [0.29, 0.717) is 0 Å². The minimum Gasteiger partial charge on any atom is -0.254 e. The molecule has 0 amide bonds. The molecule has 2 heteroatoms. The Morgan fingerprint density at radius 2 is 0.974 bits per heavy atom. The Kier molecular flexibility index (Phi) is 4.55. The van der Waals surface area contributed by atoms with E-state index in [2.05, 4.69) is 126 Å². The van der Waals surface area contributed by atoms with Crippen molar-refractivity contribution in [2.24, 2.45) is 0 Å². The third-order valence-corrected chi connectivity index (χ3v) is 7.63. The summed E-state index contributed by atoms with van der Waals surface area (Å²) in [6, 6.07) is 45.6. The summed E-state index contributed by atoms with van der Waals surface area (Å²) in [4.78, 5) is 9.66. The number of aromatic nitrogens is 2. The lowest BCUT2D eigenvalue weighted by atomic mass is 9.91. The molecular weight excluding hydrogens is 460 g/mol. The highest BCUT2D eigenvalue weighted by Gasteiger charge is 2.11. The Bertz CT molecular complexity index is 2140. The largest absolute Gasteiger partial charge is 0.254 e. The first kappa shape index (κ1) is 21.0. The zero-order chi connectivity index (χ0) is 25.1. The quantitative estimate of drug-likeness (QED) is 0.181. The van der Waals surface area contributed by atoms with E-state index in [0.717, 1.165) is 33.1 Å². The molecular formula is C36H22N2. The molecule has 0 radical (unpaired) electrons. The van der Waals surface area contributed by atoms with Crippen molar-refractivity contribution in [3.63, 3.8) is 0 Å². The van der Waals surface area contributed by atoms with E-state index < -0.39 is 0 Å². The topological polar surface area (TPSA) is 25.8 Å². The van der Waals surface area contributed by atoms with Crippen LogP contribution in [0.1, 0.15) is 0 Å². The number of benzene rings is 6. The van der Waals surface area contributed by atoms with Gasteiger partial charge in [-0.1, -0.05) is 97.1 Å². The number of hydrogen-bond acceptors (Lipinski definition) is 2. The van der Waals surface area contributed by atoms with Crippen LogP contribution < -0.4 is 0 Å². The summed E-state index contributed by atoms with van der Waals surface area (Å²) in [5.41, 5.74) is 6.48. The highest BCUT2D eigenvalue weighted by Crippen LogP contribution is 2.38. The number of pyridine rings is 2. The van der Waals surface area contributed by atoms with E-state index in [1.54, 1.807) is 0 Å². The summed E-state index contributed by atoms with van der Waals surface area (Å²) < 4.78 is 0. The summed E-state index contributed by atoms with van der Waals surface area (Å²) >= 11 is 0. The van der Waals surface area contributed by atoms with Crippen molar-refractivity contribution >= 4 is 54.1 Å². The van der Waals surface area contributed by atoms with Crippen LogP contribution in [0.2, 0.25) is 0 Å². The van der Waals surface area contributed by atoms with Gasteiger partial charge in [-0.2, -0.15) is 0 Å². The molecule has 0 bridgehead atoms. The molecule has 2 nitrogen and oxygen atoms in total. The van der Waals surface area contributed by atoms with E-state index in [4.69, 9.17) is 4.98 Å². The van der Waals surface area contributed by atoms with Crippen molar-refractivity contribution in [2.45, 2.75) is 0 Å². The summed E-state index contributed by atoms with van der Waals surface area (Å²) in [7, 11) is 0. The number of nitrogens with zero attached hydrogens (tertiary/aromatic N) is 2. The van der Waals surface area contributed by atoms with Crippen molar-refractivity contribution in [1.82, 2.24) is 9.97 Å². The van der Waals surface area contributed by atoms with Crippen LogP contribution in [0.4, 0.5) is 0 Å². The second-order valence-electron chi connectivity index (χ2n) is 9.88. The zero-order valence-electron chi connectivity index (χ0n) is 20.6. The second-order valence-corrected chi connectivity index (χ2v) is 9.88. The van der Waals surface area contributed by atoms with Gasteiger partial charge in [0.1, 0.15) is 0 Å². The van der Waals surface area contributed by atoms with Crippen LogP contribution in [0.5, 0.6) is 0 Å². The predicted octanol–water partition coefficient (Wildman–Crippen LogP) is 9.58. The van der Waals surface area contributed by atoms with Crippen LogP contribution >= 0.6 is 0 Å². The van der Waals surface area contributed by atoms with Gasteiger partial charge in [-0.25, -0.2) is 4.98 Å². The summed E-state index contributed by atoms with van der Waals surface area (Å²) in [6.45, 7) is 0. The van der Waals surface area contributed by atoms with Crippen LogP contribution in [-0.4, -0.2) is 9.97 Å². The molecule has 8 rings (SSSR count). The lowest BCUT2D eigenvalue weighted by Crippen LogP contribution is -1.89. The van der Waals surface area contributed by atoms with Crippen LogP contribution in [0.25, 0.3) is 76.5 Å². The average molecular weight is 483 g/mol. The molecule has 0 fully saturated rings. The zero-order valence-corrected chi connectivity index (χ0v) is 20.6. The Morgan fingerprint density at radius 1 is 0.395 bits per heavy atom. The Morgan fingerprint density at radius 3 is 1.74 bits per heavy atom. The van der Waals surface area contributed by atoms with Crippen molar-refractivity contribution < 1.29 is 0 Å². The van der Waals surface area contributed by atoms with Gasteiger partial charge in [0.25, 0.3) is 0 Å². The van der Waals surface area contributed by atoms with Gasteiger partial charge >= 0.3 is 0 Å². The molecule has 0 spiro atoms. The Balaban J connectivity index is 1.28. The molecule has 0 aliphatic heterocycles. The molecule has 6 aromatic carbocycles.